The summed E-state index contributed by atoms with van der Waals surface area (Å²) in [4.78, 5) is 34.8. The van der Waals surface area contributed by atoms with Gasteiger partial charge in [0, 0.05) is 12.0 Å². The first-order valence-corrected chi connectivity index (χ1v) is 5.82. The number of halogens is 1. The van der Waals surface area contributed by atoms with Crippen LogP contribution in [0.4, 0.5) is 9.18 Å². The number of hydrogen-bond acceptors (Lipinski definition) is 4. The lowest BCUT2D eigenvalue weighted by atomic mass is 9.81. The van der Waals surface area contributed by atoms with Gasteiger partial charge in [0.15, 0.2) is 11.6 Å². The highest BCUT2D eigenvalue weighted by atomic mass is 19.1. The van der Waals surface area contributed by atoms with Gasteiger partial charge < -0.3 is 15.8 Å². The van der Waals surface area contributed by atoms with Crippen LogP contribution in [0.2, 0.25) is 0 Å². The molecule has 1 saturated heterocycles. The predicted molar refractivity (Wildman–Crippen MR) is 63.0 cm³/mol. The highest BCUT2D eigenvalue weighted by Crippen LogP contribution is 2.41. The molecule has 20 heavy (non-hydrogen) atoms. The van der Waals surface area contributed by atoms with Crippen molar-refractivity contribution in [1.82, 2.24) is 10.6 Å². The van der Waals surface area contributed by atoms with Crippen molar-refractivity contribution in [3.8, 4) is 5.75 Å². The lowest BCUT2D eigenvalue weighted by Crippen LogP contribution is -2.53. The van der Waals surface area contributed by atoms with Crippen LogP contribution in [-0.2, 0) is 15.1 Å². The quantitative estimate of drug-likeness (QED) is 0.601. The first-order valence-electron chi connectivity index (χ1n) is 5.82. The molecule has 0 radical (unpaired) electrons. The van der Waals surface area contributed by atoms with Crippen LogP contribution in [0.3, 0.4) is 0 Å². The predicted octanol–water partition coefficient (Wildman–Crippen LogP) is -0.503. The molecule has 4 N–H and O–H groups in total. The van der Waals surface area contributed by atoms with Gasteiger partial charge in [-0.2, -0.15) is 0 Å². The Labute approximate surface area is 112 Å². The summed E-state index contributed by atoms with van der Waals surface area (Å²) in [6.45, 7) is 0. The number of ether oxygens (including phenoxy) is 1. The second-order valence-corrected chi connectivity index (χ2v) is 4.67. The van der Waals surface area contributed by atoms with E-state index < -0.39 is 35.3 Å². The molecule has 1 aromatic carbocycles. The van der Waals surface area contributed by atoms with Gasteiger partial charge in [-0.25, -0.2) is 9.18 Å². The Balaban J connectivity index is 2.18. The van der Waals surface area contributed by atoms with Crippen molar-refractivity contribution in [2.75, 3.05) is 0 Å². The number of rotatable bonds is 1. The Morgan fingerprint density at radius 1 is 1.45 bits per heavy atom. The van der Waals surface area contributed by atoms with Crippen LogP contribution < -0.4 is 21.1 Å². The Hall–Kier alpha value is -2.64. The Morgan fingerprint density at radius 3 is 2.80 bits per heavy atom. The number of hydrogen-bond donors (Lipinski definition) is 3. The van der Waals surface area contributed by atoms with E-state index in [0.29, 0.717) is 0 Å². The lowest BCUT2D eigenvalue weighted by molar-refractivity contribution is -0.130. The zero-order chi connectivity index (χ0) is 14.5. The van der Waals surface area contributed by atoms with E-state index in [1.807, 2.05) is 0 Å². The fourth-order valence-corrected chi connectivity index (χ4v) is 2.51. The number of amides is 4. The van der Waals surface area contributed by atoms with Crippen molar-refractivity contribution >= 4 is 17.8 Å². The third kappa shape index (κ3) is 1.61. The SMILES string of the molecule is NC(=O)[C@@H]1C[C@@]2(NC(=O)NC2=O)c2cc(F)ccc2O1. The molecule has 3 rings (SSSR count). The van der Waals surface area contributed by atoms with Crippen molar-refractivity contribution in [3.05, 3.63) is 29.6 Å². The maximum Gasteiger partial charge on any atom is 0.322 e. The normalized spacial score (nSPS) is 27.6. The highest BCUT2D eigenvalue weighted by Gasteiger charge is 2.54. The third-order valence-electron chi connectivity index (χ3n) is 3.42. The summed E-state index contributed by atoms with van der Waals surface area (Å²) in [6, 6.07) is 2.80. The first kappa shape index (κ1) is 12.4. The fraction of sp³-hybridized carbons (Fsp3) is 0.250. The molecule has 0 saturated carbocycles. The van der Waals surface area contributed by atoms with Gasteiger partial charge in [0.2, 0.25) is 0 Å². The molecule has 1 fully saturated rings. The molecule has 8 heteroatoms. The number of carbonyl (C=O) groups is 3. The number of nitrogens with one attached hydrogen (secondary N) is 2. The van der Waals surface area contributed by atoms with E-state index in [-0.39, 0.29) is 17.7 Å². The summed E-state index contributed by atoms with van der Waals surface area (Å²) in [5.74, 6) is -1.88. The van der Waals surface area contributed by atoms with E-state index in [9.17, 15) is 18.8 Å². The van der Waals surface area contributed by atoms with E-state index in [2.05, 4.69) is 10.6 Å². The second kappa shape index (κ2) is 3.92. The van der Waals surface area contributed by atoms with Gasteiger partial charge in [-0.15, -0.1) is 0 Å². The molecule has 0 unspecified atom stereocenters. The van der Waals surface area contributed by atoms with Gasteiger partial charge in [0.25, 0.3) is 11.8 Å². The van der Waals surface area contributed by atoms with Crippen molar-refractivity contribution in [3.63, 3.8) is 0 Å². The molecule has 0 bridgehead atoms. The molecule has 0 aliphatic carbocycles. The van der Waals surface area contributed by atoms with E-state index in [0.717, 1.165) is 12.1 Å². The maximum absolute atomic E-state index is 13.4. The molecule has 4 amide bonds. The van der Waals surface area contributed by atoms with E-state index in [1.165, 1.54) is 6.07 Å². The molecule has 1 aromatic rings. The van der Waals surface area contributed by atoms with Gasteiger partial charge in [-0.1, -0.05) is 0 Å². The van der Waals surface area contributed by atoms with Crippen molar-refractivity contribution in [2.24, 2.45) is 5.73 Å². The zero-order valence-electron chi connectivity index (χ0n) is 10.1. The van der Waals surface area contributed by atoms with E-state index in [1.54, 1.807) is 0 Å². The molecular weight excluding hydrogens is 269 g/mol. The molecule has 2 aliphatic heterocycles. The van der Waals surface area contributed by atoms with Crippen LogP contribution in [-0.4, -0.2) is 23.9 Å². The molecule has 104 valence electrons. The number of carbonyl (C=O) groups excluding carboxylic acids is 3. The molecule has 1 spiro atoms. The summed E-state index contributed by atoms with van der Waals surface area (Å²) in [5.41, 5.74) is 3.83. The lowest BCUT2D eigenvalue weighted by Gasteiger charge is -2.36. The number of imide groups is 1. The third-order valence-corrected chi connectivity index (χ3v) is 3.42. The molecule has 2 atom stereocenters. The van der Waals surface area contributed by atoms with Gasteiger partial charge in [0.1, 0.15) is 11.6 Å². The summed E-state index contributed by atoms with van der Waals surface area (Å²) in [6.07, 6.45) is -1.27. The molecular formula is C12H10FN3O4. The first-order chi connectivity index (χ1) is 9.42. The zero-order valence-corrected chi connectivity index (χ0v) is 10.1. The Kier molecular flexibility index (Phi) is 2.43. The molecule has 0 aromatic heterocycles. The highest BCUT2D eigenvalue weighted by molar-refractivity contribution is 6.08. The van der Waals surface area contributed by atoms with Crippen molar-refractivity contribution < 1.29 is 23.5 Å². The number of benzene rings is 1. The summed E-state index contributed by atoms with van der Waals surface area (Å²) in [7, 11) is 0. The van der Waals surface area contributed by atoms with Crippen molar-refractivity contribution in [1.29, 1.82) is 0 Å². The van der Waals surface area contributed by atoms with Crippen LogP contribution in [0.1, 0.15) is 12.0 Å². The van der Waals surface area contributed by atoms with Gasteiger partial charge in [-0.3, -0.25) is 14.9 Å². The van der Waals surface area contributed by atoms with Crippen LogP contribution in [0.15, 0.2) is 18.2 Å². The van der Waals surface area contributed by atoms with E-state index in [4.69, 9.17) is 10.5 Å². The largest absolute Gasteiger partial charge is 0.480 e. The summed E-state index contributed by atoms with van der Waals surface area (Å²) >= 11 is 0. The molecule has 2 aliphatic rings. The van der Waals surface area contributed by atoms with Gasteiger partial charge in [-0.05, 0) is 18.2 Å². The number of urea groups is 1. The van der Waals surface area contributed by atoms with E-state index >= 15 is 0 Å². The average molecular weight is 279 g/mol. The fourth-order valence-electron chi connectivity index (χ4n) is 2.51. The second-order valence-electron chi connectivity index (χ2n) is 4.67. The minimum absolute atomic E-state index is 0.138. The molecule has 2 heterocycles. The smallest absolute Gasteiger partial charge is 0.322 e. The van der Waals surface area contributed by atoms with Crippen LogP contribution in [0, 0.1) is 5.82 Å². The van der Waals surface area contributed by atoms with Crippen LogP contribution in [0.5, 0.6) is 5.75 Å². The van der Waals surface area contributed by atoms with Crippen molar-refractivity contribution in [2.45, 2.75) is 18.1 Å². The molecule has 7 nitrogen and oxygen atoms in total. The van der Waals surface area contributed by atoms with Gasteiger partial charge in [0.05, 0.1) is 0 Å². The average Bonchev–Trinajstić information content (AvgIpc) is 2.65. The Morgan fingerprint density at radius 2 is 2.20 bits per heavy atom. The minimum atomic E-state index is -1.54. The monoisotopic (exact) mass is 279 g/mol. The number of nitrogens with two attached hydrogens (primary N) is 1. The Bertz CT molecular complexity index is 648. The standard InChI is InChI=1S/C12H10FN3O4/c13-5-1-2-7-6(3-5)12(4-8(20-7)9(14)17)10(18)15-11(19)16-12/h1-3,8H,4H2,(H2,14,17)(H2,15,16,18,19)/t8-,12+/m0/s1. The minimum Gasteiger partial charge on any atom is -0.480 e. The summed E-state index contributed by atoms with van der Waals surface area (Å²) < 4.78 is 18.8. The van der Waals surface area contributed by atoms with Crippen LogP contribution >= 0.6 is 0 Å². The van der Waals surface area contributed by atoms with Crippen LogP contribution in [0.25, 0.3) is 0 Å². The maximum atomic E-state index is 13.4. The number of primary amides is 1. The summed E-state index contributed by atoms with van der Waals surface area (Å²) in [5, 5.41) is 4.51. The number of fused-ring (bicyclic) bond motifs is 2. The van der Waals surface area contributed by atoms with Gasteiger partial charge >= 0.3 is 6.03 Å². The topological polar surface area (TPSA) is 111 Å².